The number of rotatable bonds is 3. The highest BCUT2D eigenvalue weighted by Gasteiger charge is 2.01. The molecule has 0 aliphatic rings. The van der Waals surface area contributed by atoms with E-state index in [-0.39, 0.29) is 5.84 Å². The number of hydrogen-bond donors (Lipinski definition) is 2. The van der Waals surface area contributed by atoms with E-state index >= 15 is 0 Å². The van der Waals surface area contributed by atoms with E-state index in [0.29, 0.717) is 17.2 Å². The first-order valence-corrected chi connectivity index (χ1v) is 4.64. The molecule has 2 aromatic heterocycles. The second-order valence-electron chi connectivity index (χ2n) is 3.09. The zero-order valence-electron chi connectivity index (χ0n) is 8.42. The summed E-state index contributed by atoms with van der Waals surface area (Å²) in [5, 5.41) is 7.29. The first-order valence-electron chi connectivity index (χ1n) is 4.64. The maximum atomic E-state index is 7.29. The smallest absolute Gasteiger partial charge is 0.219 e. The van der Waals surface area contributed by atoms with Crippen LogP contribution in [0, 0.1) is 5.41 Å². The van der Waals surface area contributed by atoms with Crippen LogP contribution in [0.5, 0.6) is 11.6 Å². The van der Waals surface area contributed by atoms with Gasteiger partial charge in [-0.1, -0.05) is 0 Å². The summed E-state index contributed by atoms with van der Waals surface area (Å²) in [4.78, 5) is 7.93. The molecular weight excluding hydrogens is 204 g/mol. The third-order valence-electron chi connectivity index (χ3n) is 1.90. The second kappa shape index (κ2) is 4.39. The molecule has 0 radical (unpaired) electrons. The van der Waals surface area contributed by atoms with Crippen molar-refractivity contribution in [3.63, 3.8) is 0 Å². The Kier molecular flexibility index (Phi) is 2.77. The molecule has 2 rings (SSSR count). The van der Waals surface area contributed by atoms with Crippen molar-refractivity contribution in [1.82, 2.24) is 9.97 Å². The van der Waals surface area contributed by atoms with Crippen molar-refractivity contribution in [3.05, 3.63) is 48.4 Å². The summed E-state index contributed by atoms with van der Waals surface area (Å²) in [7, 11) is 0. The Morgan fingerprint density at radius 3 is 2.88 bits per heavy atom. The van der Waals surface area contributed by atoms with Gasteiger partial charge < -0.3 is 10.5 Å². The summed E-state index contributed by atoms with van der Waals surface area (Å²) in [6.07, 6.45) is 4.79. The number of aromatic nitrogens is 2. The van der Waals surface area contributed by atoms with Gasteiger partial charge in [-0.2, -0.15) is 0 Å². The third-order valence-corrected chi connectivity index (χ3v) is 1.90. The quantitative estimate of drug-likeness (QED) is 0.599. The highest BCUT2D eigenvalue weighted by atomic mass is 16.5. The highest BCUT2D eigenvalue weighted by Crippen LogP contribution is 2.18. The van der Waals surface area contributed by atoms with E-state index < -0.39 is 0 Å². The van der Waals surface area contributed by atoms with E-state index in [1.54, 1.807) is 42.9 Å². The van der Waals surface area contributed by atoms with Crippen LogP contribution in [-0.4, -0.2) is 15.8 Å². The molecule has 0 atom stereocenters. The molecule has 5 nitrogen and oxygen atoms in total. The molecular formula is C11H10N4O. The molecule has 5 heteroatoms. The minimum absolute atomic E-state index is 0.0153. The number of nitrogens with zero attached hydrogens (tertiary/aromatic N) is 2. The van der Waals surface area contributed by atoms with Gasteiger partial charge in [-0.05, 0) is 18.2 Å². The fourth-order valence-electron chi connectivity index (χ4n) is 1.16. The van der Waals surface area contributed by atoms with Gasteiger partial charge in [0.15, 0.2) is 0 Å². The molecule has 0 aliphatic heterocycles. The van der Waals surface area contributed by atoms with Crippen molar-refractivity contribution in [2.45, 2.75) is 0 Å². The van der Waals surface area contributed by atoms with E-state index in [9.17, 15) is 0 Å². The second-order valence-corrected chi connectivity index (χ2v) is 3.09. The van der Waals surface area contributed by atoms with Gasteiger partial charge in [0.05, 0.1) is 6.20 Å². The maximum absolute atomic E-state index is 7.29. The van der Waals surface area contributed by atoms with E-state index in [1.165, 1.54) is 0 Å². The van der Waals surface area contributed by atoms with Crippen LogP contribution in [0.4, 0.5) is 0 Å². The van der Waals surface area contributed by atoms with Gasteiger partial charge >= 0.3 is 0 Å². The number of pyridine rings is 2. The Labute approximate surface area is 92.4 Å². The summed E-state index contributed by atoms with van der Waals surface area (Å²) < 4.78 is 5.44. The fourth-order valence-corrected chi connectivity index (χ4v) is 1.16. The first kappa shape index (κ1) is 10.1. The fraction of sp³-hybridized carbons (Fsp3) is 0. The normalized spacial score (nSPS) is 9.75. The summed E-state index contributed by atoms with van der Waals surface area (Å²) in [6.45, 7) is 0. The van der Waals surface area contributed by atoms with Crippen molar-refractivity contribution < 1.29 is 4.74 Å². The minimum Gasteiger partial charge on any atom is -0.437 e. The van der Waals surface area contributed by atoms with Crippen LogP contribution >= 0.6 is 0 Å². The Hall–Kier alpha value is -2.43. The van der Waals surface area contributed by atoms with E-state index in [0.717, 1.165) is 0 Å². The molecule has 0 aromatic carbocycles. The van der Waals surface area contributed by atoms with E-state index in [4.69, 9.17) is 15.9 Å². The highest BCUT2D eigenvalue weighted by molar-refractivity contribution is 5.95. The molecule has 0 aliphatic carbocycles. The molecule has 16 heavy (non-hydrogen) atoms. The first-order chi connectivity index (χ1) is 7.75. The van der Waals surface area contributed by atoms with E-state index in [1.807, 2.05) is 0 Å². The summed E-state index contributed by atoms with van der Waals surface area (Å²) >= 11 is 0. The molecule has 0 bridgehead atoms. The molecule has 3 N–H and O–H groups in total. The zero-order valence-corrected chi connectivity index (χ0v) is 8.42. The number of nitrogens with two attached hydrogens (primary N) is 1. The van der Waals surface area contributed by atoms with Crippen LogP contribution in [0.15, 0.2) is 42.9 Å². The van der Waals surface area contributed by atoms with Gasteiger partial charge in [0.25, 0.3) is 0 Å². The van der Waals surface area contributed by atoms with Crippen molar-refractivity contribution in [2.75, 3.05) is 0 Å². The lowest BCUT2D eigenvalue weighted by molar-refractivity contribution is 0.460. The Morgan fingerprint density at radius 1 is 1.31 bits per heavy atom. The average Bonchev–Trinajstić information content (AvgIpc) is 2.30. The maximum Gasteiger partial charge on any atom is 0.219 e. The van der Waals surface area contributed by atoms with Gasteiger partial charge in [0.2, 0.25) is 5.88 Å². The standard InChI is InChI=1S/C11H10N4O/c12-11(13)8-3-5-15-10(6-8)16-9-2-1-4-14-7-9/h1-7H,(H3,12,13). The average molecular weight is 214 g/mol. The molecule has 0 amide bonds. The number of amidine groups is 1. The van der Waals surface area contributed by atoms with Crippen molar-refractivity contribution in [2.24, 2.45) is 5.73 Å². The molecule has 0 fully saturated rings. The monoisotopic (exact) mass is 214 g/mol. The molecule has 80 valence electrons. The number of nitrogens with one attached hydrogen (secondary N) is 1. The van der Waals surface area contributed by atoms with Crippen molar-refractivity contribution in [3.8, 4) is 11.6 Å². The Bertz CT molecular complexity index is 498. The van der Waals surface area contributed by atoms with Crippen molar-refractivity contribution in [1.29, 1.82) is 5.41 Å². The SMILES string of the molecule is N=C(N)c1ccnc(Oc2cccnc2)c1. The van der Waals surface area contributed by atoms with Crippen LogP contribution in [0.2, 0.25) is 0 Å². The number of nitrogen functional groups attached to an aromatic ring is 1. The summed E-state index contributed by atoms with van der Waals surface area (Å²) in [6, 6.07) is 6.80. The molecule has 2 aromatic rings. The topological polar surface area (TPSA) is 84.9 Å². The summed E-state index contributed by atoms with van der Waals surface area (Å²) in [5.41, 5.74) is 5.94. The molecule has 0 saturated carbocycles. The number of ether oxygens (including phenoxy) is 1. The predicted molar refractivity (Wildman–Crippen MR) is 59.6 cm³/mol. The van der Waals surface area contributed by atoms with Gasteiger partial charge in [0.1, 0.15) is 11.6 Å². The molecule has 0 unspecified atom stereocenters. The van der Waals surface area contributed by atoms with Crippen LogP contribution in [0.25, 0.3) is 0 Å². The van der Waals surface area contributed by atoms with Crippen LogP contribution < -0.4 is 10.5 Å². The van der Waals surface area contributed by atoms with Crippen LogP contribution in [0.1, 0.15) is 5.56 Å². The van der Waals surface area contributed by atoms with Crippen LogP contribution in [0.3, 0.4) is 0 Å². The predicted octanol–water partition coefficient (Wildman–Crippen LogP) is 1.55. The van der Waals surface area contributed by atoms with Gasteiger partial charge in [-0.3, -0.25) is 10.4 Å². The minimum atomic E-state index is -0.0153. The lowest BCUT2D eigenvalue weighted by atomic mass is 10.2. The lowest BCUT2D eigenvalue weighted by Crippen LogP contribution is -2.11. The largest absolute Gasteiger partial charge is 0.437 e. The summed E-state index contributed by atoms with van der Waals surface area (Å²) in [5.74, 6) is 0.967. The van der Waals surface area contributed by atoms with Gasteiger partial charge in [-0.25, -0.2) is 4.98 Å². The molecule has 2 heterocycles. The van der Waals surface area contributed by atoms with Crippen LogP contribution in [-0.2, 0) is 0 Å². The number of hydrogen-bond acceptors (Lipinski definition) is 4. The molecule has 0 spiro atoms. The molecule has 0 saturated heterocycles. The van der Waals surface area contributed by atoms with Gasteiger partial charge in [0, 0.05) is 24.0 Å². The Balaban J connectivity index is 2.22. The third kappa shape index (κ3) is 2.33. The van der Waals surface area contributed by atoms with Gasteiger partial charge in [-0.15, -0.1) is 0 Å². The zero-order chi connectivity index (χ0) is 11.4. The van der Waals surface area contributed by atoms with Crippen molar-refractivity contribution >= 4 is 5.84 Å². The lowest BCUT2D eigenvalue weighted by Gasteiger charge is -2.04. The Morgan fingerprint density at radius 2 is 2.19 bits per heavy atom. The van der Waals surface area contributed by atoms with E-state index in [2.05, 4.69) is 9.97 Å².